The van der Waals surface area contributed by atoms with Crippen molar-refractivity contribution in [1.29, 1.82) is 0 Å². The molecule has 1 atom stereocenters. The van der Waals surface area contributed by atoms with Crippen LogP contribution < -0.4 is 5.32 Å². The van der Waals surface area contributed by atoms with Crippen LogP contribution in [0.5, 0.6) is 0 Å². The van der Waals surface area contributed by atoms with E-state index in [4.69, 9.17) is 23.2 Å². The van der Waals surface area contributed by atoms with Crippen LogP contribution in [0.4, 0.5) is 0 Å². The molecule has 19 heavy (non-hydrogen) atoms. The quantitative estimate of drug-likeness (QED) is 0.904. The van der Waals surface area contributed by atoms with Crippen LogP contribution in [0.2, 0.25) is 10.0 Å². The molecule has 1 saturated heterocycles. The Morgan fingerprint density at radius 3 is 2.63 bits per heavy atom. The summed E-state index contributed by atoms with van der Waals surface area (Å²) in [6.07, 6.45) is 2.51. The Hall–Kier alpha value is -0.280. The third-order valence-corrected chi connectivity index (χ3v) is 4.95. The maximum absolute atomic E-state index is 6.32. The minimum atomic E-state index is 0.335. The number of piperidine rings is 1. The van der Waals surface area contributed by atoms with E-state index in [0.717, 1.165) is 31.1 Å². The second kappa shape index (κ2) is 6.94. The van der Waals surface area contributed by atoms with Crippen LogP contribution in [0.25, 0.3) is 0 Å². The predicted molar refractivity (Wildman–Crippen MR) is 83.1 cm³/mol. The van der Waals surface area contributed by atoms with Gasteiger partial charge in [-0.15, -0.1) is 0 Å². The Bertz CT molecular complexity index is 415. The smallest absolute Gasteiger partial charge is 0.0640 e. The van der Waals surface area contributed by atoms with Crippen molar-refractivity contribution in [2.75, 3.05) is 26.7 Å². The average Bonchev–Trinajstić information content (AvgIpc) is 2.42. The van der Waals surface area contributed by atoms with Gasteiger partial charge in [0.25, 0.3) is 0 Å². The van der Waals surface area contributed by atoms with Gasteiger partial charge in [-0.1, -0.05) is 35.3 Å². The number of hydrogen-bond acceptors (Lipinski definition) is 2. The fourth-order valence-electron chi connectivity index (χ4n) is 2.87. The molecule has 106 valence electrons. The van der Waals surface area contributed by atoms with E-state index >= 15 is 0 Å². The standard InChI is InChI=1S/C15H22Cl2N2/c1-11(13-4-3-5-14(16)15(13)17)19-8-6-12(7-9-19)10-18-2/h3-5,11-12,18H,6-10H2,1-2H3. The molecule has 0 spiro atoms. The highest BCUT2D eigenvalue weighted by atomic mass is 35.5. The summed E-state index contributed by atoms with van der Waals surface area (Å²) in [4.78, 5) is 2.50. The summed E-state index contributed by atoms with van der Waals surface area (Å²) in [5.74, 6) is 0.809. The van der Waals surface area contributed by atoms with Crippen molar-refractivity contribution in [1.82, 2.24) is 10.2 Å². The Kier molecular flexibility index (Phi) is 5.52. The lowest BCUT2D eigenvalue weighted by atomic mass is 9.94. The third kappa shape index (κ3) is 3.63. The van der Waals surface area contributed by atoms with Gasteiger partial charge in [-0.2, -0.15) is 0 Å². The Balaban J connectivity index is 2.01. The summed E-state index contributed by atoms with van der Waals surface area (Å²) in [5, 5.41) is 4.62. The van der Waals surface area contributed by atoms with Gasteiger partial charge >= 0.3 is 0 Å². The minimum absolute atomic E-state index is 0.335. The number of hydrogen-bond donors (Lipinski definition) is 1. The van der Waals surface area contributed by atoms with Crippen molar-refractivity contribution >= 4 is 23.2 Å². The highest BCUT2D eigenvalue weighted by Crippen LogP contribution is 2.34. The van der Waals surface area contributed by atoms with Gasteiger partial charge in [0.2, 0.25) is 0 Å². The molecule has 1 aromatic rings. The topological polar surface area (TPSA) is 15.3 Å². The molecule has 0 amide bonds. The van der Waals surface area contributed by atoms with E-state index in [1.165, 1.54) is 12.8 Å². The molecule has 1 unspecified atom stereocenters. The first-order valence-corrected chi connectivity index (χ1v) is 7.71. The van der Waals surface area contributed by atoms with Crippen molar-refractivity contribution in [2.24, 2.45) is 5.92 Å². The molecule has 0 aromatic heterocycles. The molecule has 0 bridgehead atoms. The van der Waals surface area contributed by atoms with E-state index in [2.05, 4.69) is 23.2 Å². The molecule has 2 rings (SSSR count). The lowest BCUT2D eigenvalue weighted by Crippen LogP contribution is -2.38. The third-order valence-electron chi connectivity index (χ3n) is 4.12. The molecule has 1 N–H and O–H groups in total. The van der Waals surface area contributed by atoms with Crippen molar-refractivity contribution in [3.05, 3.63) is 33.8 Å². The monoisotopic (exact) mass is 300 g/mol. The van der Waals surface area contributed by atoms with Crippen LogP contribution in [0, 0.1) is 5.92 Å². The summed E-state index contributed by atoms with van der Waals surface area (Å²) < 4.78 is 0. The lowest BCUT2D eigenvalue weighted by molar-refractivity contribution is 0.141. The summed E-state index contributed by atoms with van der Waals surface area (Å²) in [5.41, 5.74) is 1.14. The van der Waals surface area contributed by atoms with E-state index in [1.807, 2.05) is 19.2 Å². The molecule has 0 saturated carbocycles. The van der Waals surface area contributed by atoms with Crippen LogP contribution in [-0.4, -0.2) is 31.6 Å². The van der Waals surface area contributed by atoms with Gasteiger partial charge in [0.05, 0.1) is 10.0 Å². The zero-order valence-corrected chi connectivity index (χ0v) is 13.1. The fraction of sp³-hybridized carbons (Fsp3) is 0.600. The minimum Gasteiger partial charge on any atom is -0.319 e. The number of nitrogens with one attached hydrogen (secondary N) is 1. The highest BCUT2D eigenvalue weighted by Gasteiger charge is 2.24. The van der Waals surface area contributed by atoms with Gasteiger partial charge in [0, 0.05) is 6.04 Å². The number of likely N-dealkylation sites (tertiary alicyclic amines) is 1. The van der Waals surface area contributed by atoms with Crippen molar-refractivity contribution in [3.8, 4) is 0 Å². The van der Waals surface area contributed by atoms with E-state index in [0.29, 0.717) is 16.1 Å². The molecule has 2 nitrogen and oxygen atoms in total. The van der Waals surface area contributed by atoms with Crippen molar-refractivity contribution in [2.45, 2.75) is 25.8 Å². The number of halogens is 2. The van der Waals surface area contributed by atoms with Crippen molar-refractivity contribution < 1.29 is 0 Å². The second-order valence-electron chi connectivity index (χ2n) is 5.36. The largest absolute Gasteiger partial charge is 0.319 e. The molecular weight excluding hydrogens is 279 g/mol. The first-order chi connectivity index (χ1) is 9.13. The van der Waals surface area contributed by atoms with Crippen LogP contribution in [0.1, 0.15) is 31.4 Å². The number of benzene rings is 1. The zero-order valence-electron chi connectivity index (χ0n) is 11.6. The second-order valence-corrected chi connectivity index (χ2v) is 6.14. The van der Waals surface area contributed by atoms with Gasteiger partial charge in [-0.3, -0.25) is 4.90 Å². The van der Waals surface area contributed by atoms with Gasteiger partial charge in [-0.25, -0.2) is 0 Å². The molecule has 1 aliphatic rings. The average molecular weight is 301 g/mol. The van der Waals surface area contributed by atoms with Gasteiger partial charge in [0.1, 0.15) is 0 Å². The molecule has 0 radical (unpaired) electrons. The van der Waals surface area contributed by atoms with Crippen LogP contribution >= 0.6 is 23.2 Å². The zero-order chi connectivity index (χ0) is 13.8. The molecular formula is C15H22Cl2N2. The number of rotatable bonds is 4. The Morgan fingerprint density at radius 2 is 2.00 bits per heavy atom. The summed E-state index contributed by atoms with van der Waals surface area (Å²) in [6.45, 7) is 5.61. The normalized spacial score (nSPS) is 19.6. The van der Waals surface area contributed by atoms with Gasteiger partial charge < -0.3 is 5.32 Å². The Labute approximate surface area is 126 Å². The maximum atomic E-state index is 6.32. The highest BCUT2D eigenvalue weighted by molar-refractivity contribution is 6.42. The summed E-state index contributed by atoms with van der Waals surface area (Å²) in [7, 11) is 2.03. The first kappa shape index (κ1) is 15.1. The van der Waals surface area contributed by atoms with Crippen molar-refractivity contribution in [3.63, 3.8) is 0 Å². The van der Waals surface area contributed by atoms with Gasteiger partial charge in [0.15, 0.2) is 0 Å². The fourth-order valence-corrected chi connectivity index (χ4v) is 3.34. The SMILES string of the molecule is CNCC1CCN(C(C)c2cccc(Cl)c2Cl)CC1. The Morgan fingerprint density at radius 1 is 1.32 bits per heavy atom. The summed E-state index contributed by atoms with van der Waals surface area (Å²) in [6, 6.07) is 6.24. The molecule has 0 aliphatic carbocycles. The number of nitrogens with zero attached hydrogens (tertiary/aromatic N) is 1. The maximum Gasteiger partial charge on any atom is 0.0640 e. The summed E-state index contributed by atoms with van der Waals surface area (Å²) >= 11 is 12.4. The lowest BCUT2D eigenvalue weighted by Gasteiger charge is -2.36. The molecule has 1 fully saturated rings. The van der Waals surface area contributed by atoms with Crippen LogP contribution in [0.15, 0.2) is 18.2 Å². The van der Waals surface area contributed by atoms with Gasteiger partial charge in [-0.05, 0) is 64.0 Å². The molecule has 4 heteroatoms. The molecule has 1 aromatic carbocycles. The van der Waals surface area contributed by atoms with Crippen LogP contribution in [-0.2, 0) is 0 Å². The molecule has 1 aliphatic heterocycles. The van der Waals surface area contributed by atoms with Crippen LogP contribution in [0.3, 0.4) is 0 Å². The predicted octanol–water partition coefficient (Wildman–Crippen LogP) is 3.99. The van der Waals surface area contributed by atoms with E-state index in [-0.39, 0.29) is 0 Å². The molecule has 1 heterocycles. The first-order valence-electron chi connectivity index (χ1n) is 6.96. The van der Waals surface area contributed by atoms with E-state index in [9.17, 15) is 0 Å². The van der Waals surface area contributed by atoms with E-state index in [1.54, 1.807) is 0 Å². The van der Waals surface area contributed by atoms with E-state index < -0.39 is 0 Å².